The van der Waals surface area contributed by atoms with E-state index < -0.39 is 11.9 Å². The zero-order valence-electron chi connectivity index (χ0n) is 14.3. The van der Waals surface area contributed by atoms with Crippen molar-refractivity contribution in [3.63, 3.8) is 0 Å². The van der Waals surface area contributed by atoms with Gasteiger partial charge in [-0.3, -0.25) is 0 Å². The third-order valence-corrected chi connectivity index (χ3v) is 4.55. The molecule has 2 N–H and O–H groups in total. The molecule has 132 valence electrons. The first-order valence-corrected chi connectivity index (χ1v) is 8.47. The highest BCUT2D eigenvalue weighted by Gasteiger charge is 2.31. The summed E-state index contributed by atoms with van der Waals surface area (Å²) in [5, 5.41) is 18.8. The molecule has 2 heterocycles. The molecule has 1 aromatic rings. The quantitative estimate of drug-likeness (QED) is 0.855. The Morgan fingerprint density at radius 2 is 1.84 bits per heavy atom. The highest BCUT2D eigenvalue weighted by Crippen LogP contribution is 2.43. The summed E-state index contributed by atoms with van der Waals surface area (Å²) in [6.45, 7) is 4.46. The Bertz CT molecular complexity index is 807. The highest BCUT2D eigenvalue weighted by atomic mass is 16.5. The number of hydrogen-bond acceptors (Lipinski definition) is 4. The van der Waals surface area contributed by atoms with Crippen molar-refractivity contribution >= 4 is 17.6 Å². The summed E-state index contributed by atoms with van der Waals surface area (Å²) in [5.41, 5.74) is 4.03. The Morgan fingerprint density at radius 3 is 2.44 bits per heavy atom. The summed E-state index contributed by atoms with van der Waals surface area (Å²) in [4.78, 5) is 24.7. The molecule has 3 rings (SSSR count). The van der Waals surface area contributed by atoms with Crippen molar-refractivity contribution in [3.05, 3.63) is 46.4 Å². The summed E-state index contributed by atoms with van der Waals surface area (Å²) in [5.74, 6) is -1.55. The van der Waals surface area contributed by atoms with Crippen molar-refractivity contribution in [1.82, 2.24) is 0 Å². The van der Waals surface area contributed by atoms with Gasteiger partial charge in [-0.15, -0.1) is 0 Å². The van der Waals surface area contributed by atoms with E-state index in [1.807, 2.05) is 19.9 Å². The van der Waals surface area contributed by atoms with Gasteiger partial charge in [-0.2, -0.15) is 0 Å². The maximum atomic E-state index is 11.6. The number of hydrogen-bond donors (Lipinski definition) is 2. The minimum Gasteiger partial charge on any atom is -0.477 e. The van der Waals surface area contributed by atoms with Gasteiger partial charge in [0.05, 0.1) is 5.69 Å². The van der Waals surface area contributed by atoms with Crippen LogP contribution in [-0.2, 0) is 28.9 Å². The Kier molecular flexibility index (Phi) is 4.53. The lowest BCUT2D eigenvalue weighted by atomic mass is 9.90. The standard InChI is InChI=1S/C19H21NO5/c1-3-5-13-16-11(6-8-14(18(21)22)20(16)4-2)10-12-7-9-15(19(23)24)25-17(12)13/h8-10H,3-7H2,1-2H3,(H,21,22)(H,23,24). The van der Waals surface area contributed by atoms with Crippen LogP contribution in [0.3, 0.4) is 0 Å². The van der Waals surface area contributed by atoms with Crippen LogP contribution in [0.15, 0.2) is 29.7 Å². The molecular weight excluding hydrogens is 322 g/mol. The maximum Gasteiger partial charge on any atom is 0.371 e. The molecule has 6 nitrogen and oxygen atoms in total. The molecule has 2 aliphatic heterocycles. The molecule has 0 spiro atoms. The molecule has 0 aromatic heterocycles. The van der Waals surface area contributed by atoms with Crippen LogP contribution in [0.4, 0.5) is 5.69 Å². The first-order chi connectivity index (χ1) is 12.0. The van der Waals surface area contributed by atoms with Crippen LogP contribution in [0.2, 0.25) is 0 Å². The van der Waals surface area contributed by atoms with Gasteiger partial charge in [0.15, 0.2) is 0 Å². The van der Waals surface area contributed by atoms with Gasteiger partial charge in [-0.05, 0) is 55.5 Å². The van der Waals surface area contributed by atoms with Crippen molar-refractivity contribution in [2.24, 2.45) is 0 Å². The number of carbonyl (C=O) groups is 2. The minimum atomic E-state index is -1.09. The number of fused-ring (bicyclic) bond motifs is 2. The number of likely N-dealkylation sites (N-methyl/N-ethyl adjacent to an activating group) is 1. The predicted octanol–water partition coefficient (Wildman–Crippen LogP) is 2.89. The molecule has 6 heteroatoms. The van der Waals surface area contributed by atoms with Gasteiger partial charge in [0.2, 0.25) is 5.76 Å². The first kappa shape index (κ1) is 17.1. The van der Waals surface area contributed by atoms with Crippen LogP contribution in [0.25, 0.3) is 0 Å². The van der Waals surface area contributed by atoms with Crippen LogP contribution < -0.4 is 9.64 Å². The average molecular weight is 343 g/mol. The van der Waals surface area contributed by atoms with Gasteiger partial charge in [-0.25, -0.2) is 9.59 Å². The third-order valence-electron chi connectivity index (χ3n) is 4.55. The number of benzene rings is 1. The smallest absolute Gasteiger partial charge is 0.371 e. The van der Waals surface area contributed by atoms with Crippen molar-refractivity contribution < 1.29 is 24.5 Å². The van der Waals surface area contributed by atoms with Gasteiger partial charge >= 0.3 is 11.9 Å². The van der Waals surface area contributed by atoms with E-state index >= 15 is 0 Å². The molecule has 0 bridgehead atoms. The molecule has 2 aliphatic rings. The Morgan fingerprint density at radius 1 is 1.12 bits per heavy atom. The largest absolute Gasteiger partial charge is 0.477 e. The number of anilines is 1. The SMILES string of the molecule is CCCc1c2c(cc3c1N(CC)C(C(=O)O)=CC3)CC=C(C(=O)O)O2. The molecule has 0 radical (unpaired) electrons. The van der Waals surface area contributed by atoms with Gasteiger partial charge in [0.1, 0.15) is 11.4 Å². The van der Waals surface area contributed by atoms with Gasteiger partial charge < -0.3 is 19.8 Å². The molecule has 0 saturated carbocycles. The fourth-order valence-electron chi connectivity index (χ4n) is 3.55. The number of carboxylic acid groups (broad SMARTS) is 2. The van der Waals surface area contributed by atoms with E-state index in [9.17, 15) is 19.8 Å². The van der Waals surface area contributed by atoms with Crippen molar-refractivity contribution in [1.29, 1.82) is 0 Å². The summed E-state index contributed by atoms with van der Waals surface area (Å²) in [7, 11) is 0. The van der Waals surface area contributed by atoms with Crippen molar-refractivity contribution in [3.8, 4) is 5.75 Å². The van der Waals surface area contributed by atoms with E-state index in [1.165, 1.54) is 0 Å². The molecule has 0 aliphatic carbocycles. The number of carboxylic acids is 2. The topological polar surface area (TPSA) is 87.1 Å². The van der Waals surface area contributed by atoms with E-state index in [1.54, 1.807) is 17.1 Å². The van der Waals surface area contributed by atoms with Gasteiger partial charge in [0, 0.05) is 12.1 Å². The average Bonchev–Trinajstić information content (AvgIpc) is 2.59. The molecule has 0 amide bonds. The molecule has 0 fully saturated rings. The number of rotatable bonds is 5. The Balaban J connectivity index is 2.18. The summed E-state index contributed by atoms with van der Waals surface area (Å²) in [6.07, 6.45) is 5.91. The molecule has 1 aromatic carbocycles. The fourth-order valence-corrected chi connectivity index (χ4v) is 3.55. The van der Waals surface area contributed by atoms with E-state index in [0.717, 1.165) is 28.8 Å². The number of ether oxygens (including phenoxy) is 1. The van der Waals surface area contributed by atoms with Gasteiger partial charge in [-0.1, -0.05) is 13.3 Å². The highest BCUT2D eigenvalue weighted by molar-refractivity contribution is 5.94. The van der Waals surface area contributed by atoms with E-state index in [2.05, 4.69) is 0 Å². The van der Waals surface area contributed by atoms with Gasteiger partial charge in [0.25, 0.3) is 0 Å². The lowest BCUT2D eigenvalue weighted by Gasteiger charge is -2.34. The van der Waals surface area contributed by atoms with Crippen LogP contribution in [0, 0.1) is 0 Å². The second kappa shape index (κ2) is 6.63. The van der Waals surface area contributed by atoms with E-state index in [-0.39, 0.29) is 11.5 Å². The molecule has 0 unspecified atom stereocenters. The van der Waals surface area contributed by atoms with E-state index in [0.29, 0.717) is 31.6 Å². The minimum absolute atomic E-state index is 0.0716. The first-order valence-electron chi connectivity index (χ1n) is 8.47. The molecule has 0 saturated heterocycles. The van der Waals surface area contributed by atoms with Crippen molar-refractivity contribution in [2.75, 3.05) is 11.4 Å². The molecule has 25 heavy (non-hydrogen) atoms. The third kappa shape index (κ3) is 2.88. The van der Waals surface area contributed by atoms with Crippen LogP contribution in [-0.4, -0.2) is 28.7 Å². The number of allylic oxidation sites excluding steroid dienone is 2. The normalized spacial score (nSPS) is 15.5. The fraction of sp³-hybridized carbons (Fsp3) is 0.368. The second-order valence-electron chi connectivity index (χ2n) is 6.12. The maximum absolute atomic E-state index is 11.6. The van der Waals surface area contributed by atoms with Crippen LogP contribution in [0.5, 0.6) is 5.75 Å². The van der Waals surface area contributed by atoms with E-state index in [4.69, 9.17) is 4.74 Å². The number of aliphatic carboxylic acids is 2. The Labute approximate surface area is 146 Å². The molecular formula is C19H21NO5. The molecule has 0 atom stereocenters. The Hall–Kier alpha value is -2.76. The predicted molar refractivity (Wildman–Crippen MR) is 92.9 cm³/mol. The van der Waals surface area contributed by atoms with Crippen molar-refractivity contribution in [2.45, 2.75) is 39.5 Å². The second-order valence-corrected chi connectivity index (χ2v) is 6.12. The summed E-state index contributed by atoms with van der Waals surface area (Å²) in [6, 6.07) is 2.01. The van der Waals surface area contributed by atoms with Crippen LogP contribution in [0.1, 0.15) is 37.0 Å². The lowest BCUT2D eigenvalue weighted by Crippen LogP contribution is -2.32. The van der Waals surface area contributed by atoms with Crippen LogP contribution >= 0.6 is 0 Å². The summed E-state index contributed by atoms with van der Waals surface area (Å²) >= 11 is 0. The lowest BCUT2D eigenvalue weighted by molar-refractivity contribution is -0.135. The zero-order valence-corrected chi connectivity index (χ0v) is 14.3. The monoisotopic (exact) mass is 343 g/mol. The zero-order chi connectivity index (χ0) is 18.1. The number of nitrogens with zero attached hydrogens (tertiary/aromatic N) is 1. The summed E-state index contributed by atoms with van der Waals surface area (Å²) < 4.78 is 5.70.